The first-order valence-electron chi connectivity index (χ1n) is 8.10. The number of halogens is 1. The summed E-state index contributed by atoms with van der Waals surface area (Å²) in [5, 5.41) is 17.7. The van der Waals surface area contributed by atoms with E-state index in [0.29, 0.717) is 15.8 Å². The van der Waals surface area contributed by atoms with Crippen LogP contribution in [-0.2, 0) is 9.53 Å². The van der Waals surface area contributed by atoms with Crippen molar-refractivity contribution in [2.75, 3.05) is 5.75 Å². The molecule has 0 radical (unpaired) electrons. The molecule has 1 saturated carbocycles. The largest absolute Gasteiger partial charge is 0.481 e. The standard InChI is InChI=1S/C17H14BrN3O3S/c18-16-19-20-17(25-7-13(22)23)21(16)11-5-3-9(8-1-2-8)14-10(11)4-6-12-15(14)24-12/h3-6,8,12,15H,1-2,7H2,(H,22,23). The highest BCUT2D eigenvalue weighted by molar-refractivity contribution is 9.10. The molecule has 5 rings (SSSR count). The Balaban J connectivity index is 1.64. The van der Waals surface area contributed by atoms with Gasteiger partial charge in [-0.05, 0) is 51.9 Å². The zero-order chi connectivity index (χ0) is 17.1. The molecular weight excluding hydrogens is 406 g/mol. The highest BCUT2D eigenvalue weighted by atomic mass is 79.9. The lowest BCUT2D eigenvalue weighted by Gasteiger charge is -2.19. The molecule has 1 N–H and O–H groups in total. The van der Waals surface area contributed by atoms with Crippen molar-refractivity contribution < 1.29 is 14.6 Å². The number of carboxylic acid groups (broad SMARTS) is 1. The van der Waals surface area contributed by atoms with E-state index < -0.39 is 5.97 Å². The van der Waals surface area contributed by atoms with E-state index in [-0.39, 0.29) is 18.0 Å². The third kappa shape index (κ3) is 2.63. The topological polar surface area (TPSA) is 80.5 Å². The first-order chi connectivity index (χ1) is 12.1. The Labute approximate surface area is 156 Å². The number of thioether (sulfide) groups is 1. The first kappa shape index (κ1) is 15.6. The van der Waals surface area contributed by atoms with Crippen molar-refractivity contribution in [1.82, 2.24) is 14.8 Å². The van der Waals surface area contributed by atoms with E-state index in [1.807, 2.05) is 4.57 Å². The Morgan fingerprint density at radius 1 is 1.40 bits per heavy atom. The molecule has 2 aliphatic carbocycles. The van der Waals surface area contributed by atoms with Gasteiger partial charge in [0.05, 0.1) is 11.4 Å². The second kappa shape index (κ2) is 5.69. The predicted molar refractivity (Wildman–Crippen MR) is 96.0 cm³/mol. The SMILES string of the molecule is O=C(O)CSc1nnc(Br)n1-c1ccc(C2CC2)c2c1C=CC1OC21. The quantitative estimate of drug-likeness (QED) is 0.589. The third-order valence-electron chi connectivity index (χ3n) is 4.74. The molecule has 6 nitrogen and oxygen atoms in total. The summed E-state index contributed by atoms with van der Waals surface area (Å²) in [6.07, 6.45) is 7.04. The van der Waals surface area contributed by atoms with Crippen molar-refractivity contribution in [3.8, 4) is 5.69 Å². The zero-order valence-corrected chi connectivity index (χ0v) is 15.5. The number of hydrogen-bond donors (Lipinski definition) is 1. The fourth-order valence-corrected chi connectivity index (χ4v) is 4.67. The van der Waals surface area contributed by atoms with Crippen LogP contribution >= 0.6 is 27.7 Å². The van der Waals surface area contributed by atoms with Crippen molar-refractivity contribution in [2.45, 2.75) is 36.1 Å². The van der Waals surface area contributed by atoms with E-state index >= 15 is 0 Å². The Morgan fingerprint density at radius 3 is 3.00 bits per heavy atom. The number of carbonyl (C=O) groups is 1. The molecular formula is C17H14BrN3O3S. The van der Waals surface area contributed by atoms with E-state index in [0.717, 1.165) is 23.0 Å². The van der Waals surface area contributed by atoms with Gasteiger partial charge in [0.2, 0.25) is 4.73 Å². The highest BCUT2D eigenvalue weighted by Gasteiger charge is 2.45. The van der Waals surface area contributed by atoms with Gasteiger partial charge in [-0.15, -0.1) is 10.2 Å². The minimum atomic E-state index is -0.879. The number of aliphatic carboxylic acids is 1. The van der Waals surface area contributed by atoms with Gasteiger partial charge in [0.1, 0.15) is 12.2 Å². The van der Waals surface area contributed by atoms with Crippen LogP contribution in [0, 0.1) is 0 Å². The van der Waals surface area contributed by atoms with Crippen LogP contribution in [-0.4, -0.2) is 37.7 Å². The number of aromatic nitrogens is 3. The summed E-state index contributed by atoms with van der Waals surface area (Å²) in [5.74, 6) is -0.294. The maximum Gasteiger partial charge on any atom is 0.313 e. The summed E-state index contributed by atoms with van der Waals surface area (Å²) in [5.41, 5.74) is 4.75. The zero-order valence-electron chi connectivity index (χ0n) is 13.1. The van der Waals surface area contributed by atoms with Crippen LogP contribution in [0.2, 0.25) is 0 Å². The average Bonchev–Trinajstić information content (AvgIpc) is 3.50. The Kier molecular flexibility index (Phi) is 3.55. The number of fused-ring (bicyclic) bond motifs is 3. The first-order valence-corrected chi connectivity index (χ1v) is 9.87. The molecule has 25 heavy (non-hydrogen) atoms. The summed E-state index contributed by atoms with van der Waals surface area (Å²) in [7, 11) is 0. The van der Waals surface area contributed by atoms with Crippen molar-refractivity contribution in [3.05, 3.63) is 39.6 Å². The van der Waals surface area contributed by atoms with Crippen LogP contribution in [0.5, 0.6) is 0 Å². The molecule has 1 aliphatic heterocycles. The highest BCUT2D eigenvalue weighted by Crippen LogP contribution is 2.53. The summed E-state index contributed by atoms with van der Waals surface area (Å²) < 4.78 is 8.25. The molecule has 0 amide bonds. The van der Waals surface area contributed by atoms with Gasteiger partial charge in [-0.1, -0.05) is 30.0 Å². The van der Waals surface area contributed by atoms with Gasteiger partial charge >= 0.3 is 5.97 Å². The molecule has 2 aromatic rings. The van der Waals surface area contributed by atoms with Crippen molar-refractivity contribution in [1.29, 1.82) is 0 Å². The fraction of sp³-hybridized carbons (Fsp3) is 0.353. The lowest BCUT2D eigenvalue weighted by molar-refractivity contribution is -0.133. The second-order valence-corrected chi connectivity index (χ2v) is 8.08. The molecule has 2 heterocycles. The number of ether oxygens (including phenoxy) is 1. The predicted octanol–water partition coefficient (Wildman–Crippen LogP) is 3.55. The van der Waals surface area contributed by atoms with Gasteiger partial charge in [0.25, 0.3) is 0 Å². The van der Waals surface area contributed by atoms with E-state index in [2.05, 4.69) is 50.4 Å². The molecule has 2 unspecified atom stereocenters. The molecule has 0 bridgehead atoms. The van der Waals surface area contributed by atoms with Gasteiger partial charge in [-0.25, -0.2) is 0 Å². The normalized spacial score (nSPS) is 23.2. The van der Waals surface area contributed by atoms with Crippen LogP contribution < -0.4 is 0 Å². The van der Waals surface area contributed by atoms with Gasteiger partial charge < -0.3 is 9.84 Å². The molecule has 1 saturated heterocycles. The summed E-state index contributed by atoms with van der Waals surface area (Å²) in [6.45, 7) is 0. The smallest absolute Gasteiger partial charge is 0.313 e. The number of rotatable bonds is 5. The molecule has 0 spiro atoms. The number of nitrogens with zero attached hydrogens (tertiary/aromatic N) is 3. The van der Waals surface area contributed by atoms with Gasteiger partial charge in [0.15, 0.2) is 5.16 Å². The lowest BCUT2D eigenvalue weighted by atomic mass is 9.89. The third-order valence-corrected chi connectivity index (χ3v) is 6.16. The fourth-order valence-electron chi connectivity index (χ4n) is 3.45. The number of carboxylic acids is 1. The minimum absolute atomic E-state index is 0.0584. The van der Waals surface area contributed by atoms with E-state index in [9.17, 15) is 4.79 Å². The van der Waals surface area contributed by atoms with E-state index in [4.69, 9.17) is 9.84 Å². The van der Waals surface area contributed by atoms with Crippen molar-refractivity contribution in [2.24, 2.45) is 0 Å². The van der Waals surface area contributed by atoms with Crippen LogP contribution in [0.25, 0.3) is 11.8 Å². The van der Waals surface area contributed by atoms with Crippen LogP contribution in [0.1, 0.15) is 41.6 Å². The van der Waals surface area contributed by atoms with Crippen molar-refractivity contribution in [3.63, 3.8) is 0 Å². The molecule has 3 aliphatic rings. The molecule has 128 valence electrons. The van der Waals surface area contributed by atoms with Crippen LogP contribution in [0.3, 0.4) is 0 Å². The molecule has 2 fully saturated rings. The van der Waals surface area contributed by atoms with Crippen LogP contribution in [0.15, 0.2) is 28.1 Å². The molecule has 1 aromatic carbocycles. The van der Waals surface area contributed by atoms with E-state index in [1.54, 1.807) is 0 Å². The van der Waals surface area contributed by atoms with Crippen LogP contribution in [0.4, 0.5) is 0 Å². The maximum absolute atomic E-state index is 10.9. The second-order valence-electron chi connectivity index (χ2n) is 6.43. The Bertz CT molecular complexity index is 922. The Hall–Kier alpha value is -1.64. The monoisotopic (exact) mass is 419 g/mol. The summed E-state index contributed by atoms with van der Waals surface area (Å²) in [6, 6.07) is 4.26. The lowest BCUT2D eigenvalue weighted by Crippen LogP contribution is -2.08. The number of hydrogen-bond acceptors (Lipinski definition) is 5. The number of benzene rings is 1. The summed E-state index contributed by atoms with van der Waals surface area (Å²) in [4.78, 5) is 10.9. The molecule has 1 aromatic heterocycles. The van der Waals surface area contributed by atoms with Gasteiger partial charge in [0, 0.05) is 5.56 Å². The summed E-state index contributed by atoms with van der Waals surface area (Å²) >= 11 is 4.61. The number of epoxide rings is 1. The van der Waals surface area contributed by atoms with Gasteiger partial charge in [-0.3, -0.25) is 9.36 Å². The molecule has 8 heteroatoms. The Morgan fingerprint density at radius 2 is 2.24 bits per heavy atom. The molecule has 2 atom stereocenters. The minimum Gasteiger partial charge on any atom is -0.481 e. The average molecular weight is 420 g/mol. The van der Waals surface area contributed by atoms with Gasteiger partial charge in [-0.2, -0.15) is 0 Å². The van der Waals surface area contributed by atoms with Crippen molar-refractivity contribution >= 4 is 39.7 Å². The maximum atomic E-state index is 10.9. The van der Waals surface area contributed by atoms with E-state index in [1.165, 1.54) is 24.0 Å².